The number of nitrogens with two attached hydrogens (primary N) is 1. The van der Waals surface area contributed by atoms with Crippen molar-refractivity contribution in [2.75, 3.05) is 5.43 Å². The molecule has 7 heteroatoms. The summed E-state index contributed by atoms with van der Waals surface area (Å²) in [5, 5.41) is 20.6. The first kappa shape index (κ1) is 12.5. The van der Waals surface area contributed by atoms with Gasteiger partial charge in [0, 0.05) is 0 Å². The monoisotopic (exact) mass is 247 g/mol. The number of primary amides is 1. The van der Waals surface area contributed by atoms with E-state index in [1.807, 2.05) is 0 Å². The summed E-state index contributed by atoms with van der Waals surface area (Å²) < 4.78 is 0. The van der Waals surface area contributed by atoms with Crippen molar-refractivity contribution in [3.8, 4) is 12.1 Å². The number of anilines is 1. The molecule has 3 N–H and O–H groups in total. The number of nitrogens with one attached hydrogen (secondary N) is 1. The van der Waals surface area contributed by atoms with E-state index in [2.05, 4.69) is 10.5 Å². The first-order chi connectivity index (χ1) is 8.08. The molecule has 1 aromatic carbocycles. The number of nitrogens with zero attached hydrogens (tertiary/aromatic N) is 3. The summed E-state index contributed by atoms with van der Waals surface area (Å²) in [6.45, 7) is 0. The van der Waals surface area contributed by atoms with Crippen LogP contribution in [-0.4, -0.2) is 11.6 Å². The second-order valence-electron chi connectivity index (χ2n) is 2.85. The number of rotatable bonds is 3. The van der Waals surface area contributed by atoms with Crippen LogP contribution in [0.2, 0.25) is 5.02 Å². The molecule has 0 bridgehead atoms. The lowest BCUT2D eigenvalue weighted by molar-refractivity contribution is 0.100. The summed E-state index contributed by atoms with van der Waals surface area (Å²) in [6.07, 6.45) is 0. The van der Waals surface area contributed by atoms with Crippen molar-refractivity contribution in [3.63, 3.8) is 0 Å². The van der Waals surface area contributed by atoms with E-state index in [0.29, 0.717) is 5.69 Å². The van der Waals surface area contributed by atoms with Crippen LogP contribution in [0, 0.1) is 22.7 Å². The maximum absolute atomic E-state index is 10.9. The van der Waals surface area contributed by atoms with E-state index in [9.17, 15) is 4.79 Å². The van der Waals surface area contributed by atoms with E-state index in [0.717, 1.165) is 0 Å². The minimum Gasteiger partial charge on any atom is -0.366 e. The number of benzene rings is 1. The molecule has 1 amide bonds. The topological polar surface area (TPSA) is 115 Å². The first-order valence-electron chi connectivity index (χ1n) is 4.31. The van der Waals surface area contributed by atoms with Crippen molar-refractivity contribution in [3.05, 3.63) is 28.8 Å². The molecule has 0 aliphatic rings. The summed E-state index contributed by atoms with van der Waals surface area (Å²) in [7, 11) is 0. The molecular formula is C10H6ClN5O. The normalized spacial score (nSPS) is 8.65. The van der Waals surface area contributed by atoms with Crippen molar-refractivity contribution < 1.29 is 4.79 Å². The minimum absolute atomic E-state index is 0.160. The summed E-state index contributed by atoms with van der Waals surface area (Å²) in [5.41, 5.74) is 7.83. The van der Waals surface area contributed by atoms with E-state index < -0.39 is 5.91 Å². The van der Waals surface area contributed by atoms with Gasteiger partial charge in [-0.3, -0.25) is 10.2 Å². The predicted octanol–water partition coefficient (Wildman–Crippen LogP) is 1.25. The van der Waals surface area contributed by atoms with Crippen LogP contribution in [0.15, 0.2) is 23.3 Å². The second kappa shape index (κ2) is 5.50. The average molecular weight is 248 g/mol. The molecule has 0 saturated heterocycles. The van der Waals surface area contributed by atoms with Gasteiger partial charge in [0.2, 0.25) is 11.6 Å². The highest BCUT2D eigenvalue weighted by Crippen LogP contribution is 2.20. The number of hydrazone groups is 1. The molecular weight excluding hydrogens is 242 g/mol. The standard InChI is InChI=1S/C10H6ClN5O/c11-9-3-6(1-2-8(9)10(14)17)15-16-7(4-12)5-13/h1-3,15H,(H2,14,17). The number of hydrogen-bond acceptors (Lipinski definition) is 5. The Bertz CT molecular complexity index is 551. The molecule has 1 rings (SSSR count). The highest BCUT2D eigenvalue weighted by molar-refractivity contribution is 6.34. The van der Waals surface area contributed by atoms with Gasteiger partial charge in [-0.1, -0.05) is 11.6 Å². The Balaban J connectivity index is 2.94. The van der Waals surface area contributed by atoms with Crippen LogP contribution >= 0.6 is 11.6 Å². The Morgan fingerprint density at radius 1 is 1.41 bits per heavy atom. The largest absolute Gasteiger partial charge is 0.366 e. The van der Waals surface area contributed by atoms with Crippen LogP contribution in [-0.2, 0) is 0 Å². The Hall–Kier alpha value is -2.57. The molecule has 0 fully saturated rings. The Labute approximate surface area is 102 Å². The molecule has 0 spiro atoms. The maximum Gasteiger partial charge on any atom is 0.250 e. The van der Waals surface area contributed by atoms with Gasteiger partial charge in [0.25, 0.3) is 0 Å². The summed E-state index contributed by atoms with van der Waals surface area (Å²) >= 11 is 5.79. The lowest BCUT2D eigenvalue weighted by Crippen LogP contribution is -2.11. The van der Waals surface area contributed by atoms with E-state index in [1.165, 1.54) is 18.2 Å². The fourth-order valence-corrected chi connectivity index (χ4v) is 1.25. The van der Waals surface area contributed by atoms with E-state index >= 15 is 0 Å². The first-order valence-corrected chi connectivity index (χ1v) is 4.69. The number of carbonyl (C=O) groups is 1. The number of nitriles is 2. The molecule has 0 aliphatic heterocycles. The van der Waals surface area contributed by atoms with Crippen LogP contribution in [0.1, 0.15) is 10.4 Å². The van der Waals surface area contributed by atoms with Crippen molar-refractivity contribution in [1.82, 2.24) is 0 Å². The van der Waals surface area contributed by atoms with Crippen LogP contribution in [0.5, 0.6) is 0 Å². The third-order valence-electron chi connectivity index (χ3n) is 1.74. The Kier molecular flexibility index (Phi) is 4.04. The zero-order valence-corrected chi connectivity index (χ0v) is 9.19. The zero-order valence-electron chi connectivity index (χ0n) is 8.44. The molecule has 0 atom stereocenters. The maximum atomic E-state index is 10.9. The summed E-state index contributed by atoms with van der Waals surface area (Å²) in [4.78, 5) is 10.9. The van der Waals surface area contributed by atoms with Gasteiger partial charge in [-0.25, -0.2) is 0 Å². The molecule has 0 saturated carbocycles. The number of hydrogen-bond donors (Lipinski definition) is 2. The highest BCUT2D eigenvalue weighted by atomic mass is 35.5. The van der Waals surface area contributed by atoms with Gasteiger partial charge in [-0.05, 0) is 18.2 Å². The van der Waals surface area contributed by atoms with Crippen molar-refractivity contribution in [2.45, 2.75) is 0 Å². The lowest BCUT2D eigenvalue weighted by Gasteiger charge is -2.03. The van der Waals surface area contributed by atoms with Gasteiger partial charge in [0.1, 0.15) is 12.1 Å². The zero-order chi connectivity index (χ0) is 12.8. The average Bonchev–Trinajstić information content (AvgIpc) is 2.30. The van der Waals surface area contributed by atoms with Crippen LogP contribution in [0.4, 0.5) is 5.69 Å². The quantitative estimate of drug-likeness (QED) is 0.618. The van der Waals surface area contributed by atoms with Crippen molar-refractivity contribution in [1.29, 1.82) is 10.5 Å². The number of amides is 1. The highest BCUT2D eigenvalue weighted by Gasteiger charge is 2.06. The van der Waals surface area contributed by atoms with Crippen LogP contribution in [0.3, 0.4) is 0 Å². The van der Waals surface area contributed by atoms with Gasteiger partial charge in [-0.2, -0.15) is 15.6 Å². The minimum atomic E-state index is -0.639. The number of halogens is 1. The molecule has 0 unspecified atom stereocenters. The van der Waals surface area contributed by atoms with Gasteiger partial charge in [-0.15, -0.1) is 0 Å². The van der Waals surface area contributed by atoms with Crippen molar-refractivity contribution in [2.24, 2.45) is 10.8 Å². The van der Waals surface area contributed by atoms with E-state index in [1.54, 1.807) is 12.1 Å². The summed E-state index contributed by atoms with van der Waals surface area (Å²) in [6, 6.07) is 7.50. The lowest BCUT2D eigenvalue weighted by atomic mass is 10.2. The molecule has 0 heterocycles. The smallest absolute Gasteiger partial charge is 0.250 e. The van der Waals surface area contributed by atoms with Gasteiger partial charge >= 0.3 is 0 Å². The Morgan fingerprint density at radius 3 is 2.53 bits per heavy atom. The summed E-state index contributed by atoms with van der Waals surface area (Å²) in [5.74, 6) is -0.639. The van der Waals surface area contributed by atoms with Crippen LogP contribution < -0.4 is 11.2 Å². The number of carbonyl (C=O) groups excluding carboxylic acids is 1. The predicted molar refractivity (Wildman–Crippen MR) is 62.3 cm³/mol. The molecule has 0 radical (unpaired) electrons. The van der Waals surface area contributed by atoms with E-state index in [4.69, 9.17) is 27.9 Å². The van der Waals surface area contributed by atoms with E-state index in [-0.39, 0.29) is 16.3 Å². The molecule has 1 aromatic rings. The molecule has 0 aromatic heterocycles. The van der Waals surface area contributed by atoms with Crippen molar-refractivity contribution >= 4 is 28.9 Å². The molecule has 17 heavy (non-hydrogen) atoms. The third kappa shape index (κ3) is 3.20. The molecule has 6 nitrogen and oxygen atoms in total. The van der Waals surface area contributed by atoms with Gasteiger partial charge in [0.05, 0.1) is 16.3 Å². The fraction of sp³-hybridized carbons (Fsp3) is 0. The second-order valence-corrected chi connectivity index (χ2v) is 3.26. The Morgan fingerprint density at radius 2 is 2.06 bits per heavy atom. The molecule has 0 aliphatic carbocycles. The van der Waals surface area contributed by atoms with Gasteiger partial charge in [0.15, 0.2) is 0 Å². The molecule has 84 valence electrons. The van der Waals surface area contributed by atoms with Crippen LogP contribution in [0.25, 0.3) is 0 Å². The van der Waals surface area contributed by atoms with Gasteiger partial charge < -0.3 is 5.73 Å². The third-order valence-corrected chi connectivity index (χ3v) is 2.06. The fourth-order valence-electron chi connectivity index (χ4n) is 0.980. The SMILES string of the molecule is N#CC(C#N)=NNc1ccc(C(N)=O)c(Cl)c1.